The summed E-state index contributed by atoms with van der Waals surface area (Å²) in [5.74, 6) is -0.131. The molecule has 0 bridgehead atoms. The van der Waals surface area contributed by atoms with Crippen molar-refractivity contribution in [2.45, 2.75) is 26.2 Å². The number of anilines is 3. The minimum atomic E-state index is -0.487. The summed E-state index contributed by atoms with van der Waals surface area (Å²) in [7, 11) is 0. The molecule has 1 fully saturated rings. The zero-order valence-corrected chi connectivity index (χ0v) is 18.6. The first kappa shape index (κ1) is 22.2. The predicted octanol–water partition coefficient (Wildman–Crippen LogP) is 5.45. The molecule has 1 aromatic heterocycles. The molecular formula is C24H25ClFN5O. The van der Waals surface area contributed by atoms with Gasteiger partial charge < -0.3 is 10.6 Å². The number of hydrogen-bond donors (Lipinski definition) is 2. The topological polar surface area (TPSA) is 70.1 Å². The highest BCUT2D eigenvalue weighted by atomic mass is 35.5. The van der Waals surface area contributed by atoms with Gasteiger partial charge in [0.25, 0.3) is 0 Å². The Morgan fingerprint density at radius 1 is 1.19 bits per heavy atom. The Morgan fingerprint density at radius 3 is 2.78 bits per heavy atom. The Kier molecular flexibility index (Phi) is 6.97. The van der Waals surface area contributed by atoms with Gasteiger partial charge in [-0.2, -0.15) is 0 Å². The van der Waals surface area contributed by atoms with Crippen LogP contribution < -0.4 is 10.6 Å². The second-order valence-corrected chi connectivity index (χ2v) is 8.32. The van der Waals surface area contributed by atoms with Crippen LogP contribution in [0, 0.1) is 12.7 Å². The van der Waals surface area contributed by atoms with Crippen LogP contribution >= 0.6 is 11.6 Å². The number of carbonyl (C=O) groups excluding carboxylic acids is 1. The lowest BCUT2D eigenvalue weighted by atomic mass is 10.1. The molecule has 6 nitrogen and oxygen atoms in total. The molecule has 32 heavy (non-hydrogen) atoms. The molecule has 0 atom stereocenters. The number of nitrogens with zero attached hydrogens (tertiary/aromatic N) is 3. The van der Waals surface area contributed by atoms with E-state index in [0.717, 1.165) is 36.1 Å². The fourth-order valence-corrected chi connectivity index (χ4v) is 3.96. The van der Waals surface area contributed by atoms with E-state index in [2.05, 4.69) is 25.5 Å². The lowest BCUT2D eigenvalue weighted by Gasteiger charge is -2.24. The van der Waals surface area contributed by atoms with Crippen LogP contribution in [-0.4, -0.2) is 40.4 Å². The number of aryl methyl sites for hydroxylation is 1. The van der Waals surface area contributed by atoms with Crippen molar-refractivity contribution in [3.8, 4) is 0 Å². The summed E-state index contributed by atoms with van der Waals surface area (Å²) in [5.41, 5.74) is 2.90. The number of rotatable bonds is 6. The van der Waals surface area contributed by atoms with Crippen molar-refractivity contribution in [1.29, 1.82) is 0 Å². The average Bonchev–Trinajstić information content (AvgIpc) is 2.78. The third-order valence-corrected chi connectivity index (χ3v) is 5.79. The highest BCUT2D eigenvalue weighted by Crippen LogP contribution is 2.29. The van der Waals surface area contributed by atoms with E-state index in [1.807, 2.05) is 25.1 Å². The lowest BCUT2D eigenvalue weighted by Crippen LogP contribution is -2.29. The van der Waals surface area contributed by atoms with E-state index in [0.29, 0.717) is 17.2 Å². The van der Waals surface area contributed by atoms with Crippen molar-refractivity contribution in [1.82, 2.24) is 14.9 Å². The minimum absolute atomic E-state index is 0.0218. The van der Waals surface area contributed by atoms with Gasteiger partial charge in [-0.05, 0) is 68.8 Å². The van der Waals surface area contributed by atoms with Gasteiger partial charge in [0.15, 0.2) is 0 Å². The van der Waals surface area contributed by atoms with Crippen molar-refractivity contribution in [2.24, 2.45) is 0 Å². The number of amides is 1. The molecule has 8 heteroatoms. The summed E-state index contributed by atoms with van der Waals surface area (Å²) in [6.45, 7) is 4.88. The van der Waals surface area contributed by atoms with Gasteiger partial charge in [0, 0.05) is 29.4 Å². The first-order valence-corrected chi connectivity index (χ1v) is 11.0. The summed E-state index contributed by atoms with van der Waals surface area (Å²) in [6, 6.07) is 8.11. The monoisotopic (exact) mass is 453 g/mol. The molecule has 2 aromatic carbocycles. The first-order chi connectivity index (χ1) is 15.5. The van der Waals surface area contributed by atoms with Crippen molar-refractivity contribution in [3.05, 3.63) is 65.2 Å². The maximum absolute atomic E-state index is 13.5. The number of nitrogens with one attached hydrogen (secondary N) is 2. The van der Waals surface area contributed by atoms with Gasteiger partial charge in [-0.25, -0.2) is 14.4 Å². The number of carbonyl (C=O) groups is 1. The molecule has 1 aliphatic rings. The van der Waals surface area contributed by atoms with Gasteiger partial charge in [0.05, 0.1) is 10.5 Å². The van der Waals surface area contributed by atoms with Gasteiger partial charge in [-0.15, -0.1) is 0 Å². The number of likely N-dealkylation sites (tertiary alicyclic amines) is 1. The molecule has 0 unspecified atom stereocenters. The zero-order chi connectivity index (χ0) is 22.5. The summed E-state index contributed by atoms with van der Waals surface area (Å²) < 4.78 is 13.5. The Bertz CT molecular complexity index is 1160. The van der Waals surface area contributed by atoms with Gasteiger partial charge in [-0.1, -0.05) is 24.1 Å². The molecule has 4 rings (SSSR count). The van der Waals surface area contributed by atoms with Gasteiger partial charge in [0.2, 0.25) is 5.91 Å². The molecule has 2 N–H and O–H groups in total. The van der Waals surface area contributed by atoms with Gasteiger partial charge in [-0.3, -0.25) is 9.69 Å². The highest BCUT2D eigenvalue weighted by molar-refractivity contribution is 6.31. The van der Waals surface area contributed by atoms with E-state index in [-0.39, 0.29) is 10.9 Å². The molecule has 0 spiro atoms. The van der Waals surface area contributed by atoms with E-state index in [1.165, 1.54) is 37.7 Å². The molecule has 166 valence electrons. The minimum Gasteiger partial charge on any atom is -0.340 e. The normalized spacial score (nSPS) is 14.7. The van der Waals surface area contributed by atoms with Crippen molar-refractivity contribution in [3.63, 3.8) is 0 Å². The fraction of sp³-hybridized carbons (Fsp3) is 0.292. The summed E-state index contributed by atoms with van der Waals surface area (Å²) in [6.07, 6.45) is 8.68. The number of aromatic nitrogens is 2. The molecule has 1 aliphatic heterocycles. The summed E-state index contributed by atoms with van der Waals surface area (Å²) in [4.78, 5) is 23.5. The quantitative estimate of drug-likeness (QED) is 0.485. The van der Waals surface area contributed by atoms with Crippen molar-refractivity contribution < 1.29 is 9.18 Å². The van der Waals surface area contributed by atoms with Gasteiger partial charge in [0.1, 0.15) is 18.0 Å². The molecule has 0 saturated carbocycles. The molecule has 3 aromatic rings. The molecular weight excluding hydrogens is 429 g/mol. The van der Waals surface area contributed by atoms with Crippen LogP contribution in [0.4, 0.5) is 21.6 Å². The first-order valence-electron chi connectivity index (χ1n) is 10.7. The zero-order valence-electron chi connectivity index (χ0n) is 17.9. The van der Waals surface area contributed by atoms with Crippen LogP contribution in [-0.2, 0) is 4.79 Å². The van der Waals surface area contributed by atoms with Gasteiger partial charge >= 0.3 is 0 Å². The van der Waals surface area contributed by atoms with Crippen LogP contribution in [0.5, 0.6) is 0 Å². The van der Waals surface area contributed by atoms with Crippen LogP contribution in [0.3, 0.4) is 0 Å². The lowest BCUT2D eigenvalue weighted by molar-refractivity contribution is -0.111. The van der Waals surface area contributed by atoms with E-state index in [4.69, 9.17) is 11.6 Å². The SMILES string of the molecule is Cc1cc2ncnc(Nc3ccc(F)c(Cl)c3)c2cc1NC(=O)/C=C/CN1CCCCC1. The Labute approximate surface area is 191 Å². The highest BCUT2D eigenvalue weighted by Gasteiger charge is 2.11. The van der Waals surface area contributed by atoms with Crippen molar-refractivity contribution >= 4 is 45.6 Å². The standard InChI is InChI=1S/C24H25ClFN5O/c1-16-12-22-18(24(28-15-27-22)29-17-7-8-20(26)19(25)13-17)14-21(16)30-23(32)6-5-11-31-9-3-2-4-10-31/h5-8,12-15H,2-4,9-11H2,1H3,(H,30,32)(H,27,28,29)/b6-5+. The summed E-state index contributed by atoms with van der Waals surface area (Å²) in [5, 5.41) is 6.85. The third-order valence-electron chi connectivity index (χ3n) is 5.50. The van der Waals surface area contributed by atoms with Crippen LogP contribution in [0.1, 0.15) is 24.8 Å². The summed E-state index contributed by atoms with van der Waals surface area (Å²) >= 11 is 5.89. The third kappa shape index (κ3) is 5.41. The molecule has 1 amide bonds. The number of piperidine rings is 1. The number of hydrogen-bond acceptors (Lipinski definition) is 5. The molecule has 2 heterocycles. The number of halogens is 2. The predicted molar refractivity (Wildman–Crippen MR) is 127 cm³/mol. The molecule has 0 aliphatic carbocycles. The van der Waals surface area contributed by atoms with E-state index in [9.17, 15) is 9.18 Å². The number of fused-ring (bicyclic) bond motifs is 1. The smallest absolute Gasteiger partial charge is 0.248 e. The fourth-order valence-electron chi connectivity index (χ4n) is 3.78. The molecule has 1 saturated heterocycles. The number of benzene rings is 2. The molecule has 0 radical (unpaired) electrons. The van der Waals surface area contributed by atoms with E-state index in [1.54, 1.807) is 12.1 Å². The Morgan fingerprint density at radius 2 is 2.00 bits per heavy atom. The van der Waals surface area contributed by atoms with Crippen molar-refractivity contribution in [2.75, 3.05) is 30.3 Å². The van der Waals surface area contributed by atoms with Crippen LogP contribution in [0.2, 0.25) is 5.02 Å². The second kappa shape index (κ2) is 10.1. The Hall–Kier alpha value is -3.03. The average molecular weight is 454 g/mol. The maximum atomic E-state index is 13.5. The largest absolute Gasteiger partial charge is 0.340 e. The second-order valence-electron chi connectivity index (χ2n) is 7.91. The van der Waals surface area contributed by atoms with E-state index < -0.39 is 5.82 Å². The maximum Gasteiger partial charge on any atom is 0.248 e. The van der Waals surface area contributed by atoms with Crippen LogP contribution in [0.15, 0.2) is 48.8 Å². The van der Waals surface area contributed by atoms with Crippen LogP contribution in [0.25, 0.3) is 10.9 Å². The van der Waals surface area contributed by atoms with E-state index >= 15 is 0 Å². The Balaban J connectivity index is 1.51.